The lowest BCUT2D eigenvalue weighted by Crippen LogP contribution is -2.06. The predicted molar refractivity (Wildman–Crippen MR) is 93.1 cm³/mol. The molecule has 0 radical (unpaired) electrons. The molecule has 0 fully saturated rings. The van der Waals surface area contributed by atoms with Gasteiger partial charge in [0.15, 0.2) is 0 Å². The van der Waals surface area contributed by atoms with Gasteiger partial charge >= 0.3 is 0 Å². The second-order valence-electron chi connectivity index (χ2n) is 5.61. The van der Waals surface area contributed by atoms with E-state index in [4.69, 9.17) is 4.74 Å². The Morgan fingerprint density at radius 1 is 0.591 bits per heavy atom. The lowest BCUT2D eigenvalue weighted by atomic mass is 10.00. The SMILES string of the molecule is CC(C)Oc1ccccc1-c1ccc(-c2ccccc2)cc1. The average Bonchev–Trinajstić information content (AvgIpc) is 2.56. The normalized spacial score (nSPS) is 10.7. The summed E-state index contributed by atoms with van der Waals surface area (Å²) in [6.07, 6.45) is 0.171. The predicted octanol–water partition coefficient (Wildman–Crippen LogP) is 5.81. The fourth-order valence-corrected chi connectivity index (χ4v) is 2.53. The summed E-state index contributed by atoms with van der Waals surface area (Å²) in [7, 11) is 0. The first-order chi connectivity index (χ1) is 10.7. The van der Waals surface area contributed by atoms with Crippen molar-refractivity contribution in [2.24, 2.45) is 0 Å². The Morgan fingerprint density at radius 3 is 1.82 bits per heavy atom. The molecule has 0 saturated heterocycles. The molecule has 0 bridgehead atoms. The van der Waals surface area contributed by atoms with Crippen molar-refractivity contribution in [2.45, 2.75) is 20.0 Å². The Kier molecular flexibility index (Phi) is 4.24. The van der Waals surface area contributed by atoms with Crippen LogP contribution < -0.4 is 4.74 Å². The van der Waals surface area contributed by atoms with Gasteiger partial charge in [0, 0.05) is 5.56 Å². The summed E-state index contributed by atoms with van der Waals surface area (Å²) in [4.78, 5) is 0. The van der Waals surface area contributed by atoms with Crippen LogP contribution in [0.3, 0.4) is 0 Å². The molecule has 0 aliphatic heterocycles. The van der Waals surface area contributed by atoms with E-state index in [2.05, 4.69) is 68.4 Å². The van der Waals surface area contributed by atoms with Crippen LogP contribution in [0.15, 0.2) is 78.9 Å². The van der Waals surface area contributed by atoms with Crippen molar-refractivity contribution in [3.63, 3.8) is 0 Å². The quantitative estimate of drug-likeness (QED) is 0.589. The fourth-order valence-electron chi connectivity index (χ4n) is 2.53. The summed E-state index contributed by atoms with van der Waals surface area (Å²) in [5, 5.41) is 0. The maximum Gasteiger partial charge on any atom is 0.127 e. The van der Waals surface area contributed by atoms with Crippen LogP contribution in [0.1, 0.15) is 13.8 Å². The lowest BCUT2D eigenvalue weighted by Gasteiger charge is -2.14. The molecule has 0 unspecified atom stereocenters. The molecule has 3 aromatic rings. The van der Waals surface area contributed by atoms with Crippen LogP contribution >= 0.6 is 0 Å². The van der Waals surface area contributed by atoms with Gasteiger partial charge in [-0.2, -0.15) is 0 Å². The smallest absolute Gasteiger partial charge is 0.127 e. The molecule has 0 heterocycles. The molecule has 0 N–H and O–H groups in total. The van der Waals surface area contributed by atoms with E-state index in [1.54, 1.807) is 0 Å². The van der Waals surface area contributed by atoms with Crippen molar-refractivity contribution in [1.29, 1.82) is 0 Å². The standard InChI is InChI=1S/C21H20O/c1-16(2)22-21-11-7-6-10-20(21)19-14-12-18(13-15-19)17-8-4-3-5-9-17/h3-16H,1-2H3. The van der Waals surface area contributed by atoms with Gasteiger partial charge in [0.25, 0.3) is 0 Å². The number of rotatable bonds is 4. The van der Waals surface area contributed by atoms with Gasteiger partial charge in [0.2, 0.25) is 0 Å². The van der Waals surface area contributed by atoms with Crippen molar-refractivity contribution in [3.05, 3.63) is 78.9 Å². The lowest BCUT2D eigenvalue weighted by molar-refractivity contribution is 0.243. The van der Waals surface area contributed by atoms with Crippen LogP contribution in [0.2, 0.25) is 0 Å². The van der Waals surface area contributed by atoms with E-state index in [-0.39, 0.29) is 6.10 Å². The van der Waals surface area contributed by atoms with Crippen LogP contribution in [-0.4, -0.2) is 6.10 Å². The Bertz CT molecular complexity index is 727. The van der Waals surface area contributed by atoms with Crippen LogP contribution in [0.5, 0.6) is 5.75 Å². The monoisotopic (exact) mass is 288 g/mol. The third-order valence-electron chi connectivity index (χ3n) is 3.55. The van der Waals surface area contributed by atoms with Gasteiger partial charge in [0.05, 0.1) is 6.10 Å². The van der Waals surface area contributed by atoms with Gasteiger partial charge in [-0.15, -0.1) is 0 Å². The molecule has 0 aliphatic rings. The molecule has 3 aromatic carbocycles. The minimum atomic E-state index is 0.171. The van der Waals surface area contributed by atoms with Crippen molar-refractivity contribution >= 4 is 0 Å². The van der Waals surface area contributed by atoms with E-state index >= 15 is 0 Å². The van der Waals surface area contributed by atoms with E-state index in [0.717, 1.165) is 11.3 Å². The molecule has 1 heteroatoms. The molecule has 0 aliphatic carbocycles. The molecule has 0 spiro atoms. The zero-order valence-electron chi connectivity index (χ0n) is 13.0. The highest BCUT2D eigenvalue weighted by atomic mass is 16.5. The highest BCUT2D eigenvalue weighted by Crippen LogP contribution is 2.32. The maximum absolute atomic E-state index is 5.91. The largest absolute Gasteiger partial charge is 0.490 e. The van der Waals surface area contributed by atoms with Gasteiger partial charge in [-0.3, -0.25) is 0 Å². The van der Waals surface area contributed by atoms with Gasteiger partial charge < -0.3 is 4.74 Å². The molecule has 0 aromatic heterocycles. The van der Waals surface area contributed by atoms with Crippen molar-refractivity contribution < 1.29 is 4.74 Å². The van der Waals surface area contributed by atoms with Gasteiger partial charge in [-0.25, -0.2) is 0 Å². The van der Waals surface area contributed by atoms with Crippen molar-refractivity contribution in [2.75, 3.05) is 0 Å². The first-order valence-electron chi connectivity index (χ1n) is 7.65. The third-order valence-corrected chi connectivity index (χ3v) is 3.55. The van der Waals surface area contributed by atoms with Crippen LogP contribution in [-0.2, 0) is 0 Å². The highest BCUT2D eigenvalue weighted by Gasteiger charge is 2.07. The minimum absolute atomic E-state index is 0.171. The topological polar surface area (TPSA) is 9.23 Å². The zero-order chi connectivity index (χ0) is 15.4. The van der Waals surface area contributed by atoms with E-state index < -0.39 is 0 Å². The molecule has 0 atom stereocenters. The van der Waals surface area contributed by atoms with E-state index in [9.17, 15) is 0 Å². The molecule has 22 heavy (non-hydrogen) atoms. The van der Waals surface area contributed by atoms with E-state index in [1.165, 1.54) is 16.7 Å². The molecule has 1 nitrogen and oxygen atoms in total. The van der Waals surface area contributed by atoms with Crippen LogP contribution in [0, 0.1) is 0 Å². The summed E-state index contributed by atoms with van der Waals surface area (Å²) in [6.45, 7) is 4.10. The van der Waals surface area contributed by atoms with E-state index in [0.29, 0.717) is 0 Å². The Labute approximate surface area is 132 Å². The average molecular weight is 288 g/mol. The molecule has 110 valence electrons. The summed E-state index contributed by atoms with van der Waals surface area (Å²) in [5.74, 6) is 0.935. The number of ether oxygens (including phenoxy) is 1. The highest BCUT2D eigenvalue weighted by molar-refractivity contribution is 5.74. The Hall–Kier alpha value is -2.54. The zero-order valence-corrected chi connectivity index (χ0v) is 13.0. The summed E-state index contributed by atoms with van der Waals surface area (Å²) in [5.41, 5.74) is 4.78. The van der Waals surface area contributed by atoms with Gasteiger partial charge in [-0.05, 0) is 36.6 Å². The summed E-state index contributed by atoms with van der Waals surface area (Å²) in [6, 6.07) is 27.3. The van der Waals surface area contributed by atoms with Crippen molar-refractivity contribution in [3.8, 4) is 28.0 Å². The van der Waals surface area contributed by atoms with Crippen molar-refractivity contribution in [1.82, 2.24) is 0 Å². The molecule has 0 saturated carbocycles. The summed E-state index contributed by atoms with van der Waals surface area (Å²) >= 11 is 0. The molecule has 3 rings (SSSR count). The number of benzene rings is 3. The fraction of sp³-hybridized carbons (Fsp3) is 0.143. The first-order valence-corrected chi connectivity index (χ1v) is 7.65. The molecular formula is C21H20O. The number of para-hydroxylation sites is 1. The van der Waals surface area contributed by atoms with Gasteiger partial charge in [0.1, 0.15) is 5.75 Å². The van der Waals surface area contributed by atoms with E-state index in [1.807, 2.05) is 24.3 Å². The first kappa shape index (κ1) is 14.4. The Balaban J connectivity index is 1.94. The maximum atomic E-state index is 5.91. The third kappa shape index (κ3) is 3.20. The number of hydrogen-bond acceptors (Lipinski definition) is 1. The van der Waals surface area contributed by atoms with Crippen LogP contribution in [0.4, 0.5) is 0 Å². The Morgan fingerprint density at radius 2 is 1.14 bits per heavy atom. The number of hydrogen-bond donors (Lipinski definition) is 0. The molecule has 0 amide bonds. The minimum Gasteiger partial charge on any atom is -0.490 e. The summed E-state index contributed by atoms with van der Waals surface area (Å²) < 4.78 is 5.91. The van der Waals surface area contributed by atoms with Gasteiger partial charge in [-0.1, -0.05) is 72.8 Å². The second kappa shape index (κ2) is 6.48. The molecular weight excluding hydrogens is 268 g/mol. The second-order valence-corrected chi connectivity index (χ2v) is 5.61. The van der Waals surface area contributed by atoms with Crippen LogP contribution in [0.25, 0.3) is 22.3 Å².